The molecule has 0 unspecified atom stereocenters. The van der Waals surface area contributed by atoms with Gasteiger partial charge in [-0.05, 0) is 18.2 Å². The minimum atomic E-state index is -1.22. The Labute approximate surface area is 122 Å². The van der Waals surface area contributed by atoms with Gasteiger partial charge in [-0.25, -0.2) is 13.6 Å². The van der Waals surface area contributed by atoms with Crippen molar-refractivity contribution in [1.29, 1.82) is 0 Å². The van der Waals surface area contributed by atoms with Crippen LogP contribution < -0.4 is 5.32 Å². The van der Waals surface area contributed by atoms with Gasteiger partial charge in [0.15, 0.2) is 11.6 Å². The van der Waals surface area contributed by atoms with Gasteiger partial charge in [0.2, 0.25) is 0 Å². The SMILES string of the molecule is O=C(O)c1cncc(NC(=O)c2cc(F)c(F)cc2Cl)c1. The zero-order valence-electron chi connectivity index (χ0n) is 10.2. The van der Waals surface area contributed by atoms with Crippen LogP contribution in [0.1, 0.15) is 20.7 Å². The first-order valence-corrected chi connectivity index (χ1v) is 5.90. The predicted molar refractivity (Wildman–Crippen MR) is 70.5 cm³/mol. The molecule has 0 aliphatic heterocycles. The fourth-order valence-electron chi connectivity index (χ4n) is 1.52. The van der Waals surface area contributed by atoms with Crippen molar-refractivity contribution in [2.24, 2.45) is 0 Å². The van der Waals surface area contributed by atoms with Crippen LogP contribution in [-0.4, -0.2) is 22.0 Å². The molecule has 0 fully saturated rings. The van der Waals surface area contributed by atoms with Crippen LogP contribution in [-0.2, 0) is 0 Å². The van der Waals surface area contributed by atoms with E-state index in [0.29, 0.717) is 12.1 Å². The van der Waals surface area contributed by atoms with Gasteiger partial charge in [0.25, 0.3) is 5.91 Å². The molecule has 0 saturated carbocycles. The zero-order chi connectivity index (χ0) is 15.6. The molecule has 0 radical (unpaired) electrons. The summed E-state index contributed by atoms with van der Waals surface area (Å²) in [7, 11) is 0. The van der Waals surface area contributed by atoms with Gasteiger partial charge in [0, 0.05) is 6.20 Å². The van der Waals surface area contributed by atoms with Crippen LogP contribution >= 0.6 is 11.6 Å². The molecular weight excluding hydrogens is 306 g/mol. The second kappa shape index (κ2) is 5.84. The van der Waals surface area contributed by atoms with Crippen molar-refractivity contribution in [3.8, 4) is 0 Å². The highest BCUT2D eigenvalue weighted by molar-refractivity contribution is 6.34. The minimum absolute atomic E-state index is 0.0840. The number of nitrogens with one attached hydrogen (secondary N) is 1. The molecule has 2 rings (SSSR count). The highest BCUT2D eigenvalue weighted by Crippen LogP contribution is 2.21. The number of benzene rings is 1. The van der Waals surface area contributed by atoms with E-state index in [4.69, 9.17) is 16.7 Å². The molecule has 2 aromatic rings. The maximum Gasteiger partial charge on any atom is 0.337 e. The Morgan fingerprint density at radius 2 is 1.81 bits per heavy atom. The molecule has 0 aliphatic rings. The first kappa shape index (κ1) is 14.9. The van der Waals surface area contributed by atoms with Crippen molar-refractivity contribution in [2.45, 2.75) is 0 Å². The van der Waals surface area contributed by atoms with Gasteiger partial charge in [0.1, 0.15) is 0 Å². The van der Waals surface area contributed by atoms with Gasteiger partial charge in [-0.2, -0.15) is 0 Å². The molecular formula is C13H7ClF2N2O3. The number of hydrogen-bond donors (Lipinski definition) is 2. The molecule has 5 nitrogen and oxygen atoms in total. The number of amides is 1. The average Bonchev–Trinajstić information content (AvgIpc) is 2.43. The van der Waals surface area contributed by atoms with Gasteiger partial charge in [-0.3, -0.25) is 9.78 Å². The standard InChI is InChI=1S/C13H7ClF2N2O3/c14-9-3-11(16)10(15)2-8(9)12(19)18-7-1-6(13(20)21)4-17-5-7/h1-5H,(H,18,19)(H,20,21). The van der Waals surface area contributed by atoms with Crippen LogP contribution in [0.2, 0.25) is 5.02 Å². The quantitative estimate of drug-likeness (QED) is 0.854. The summed E-state index contributed by atoms with van der Waals surface area (Å²) in [6, 6.07) is 2.50. The van der Waals surface area contributed by atoms with Crippen molar-refractivity contribution in [3.05, 3.63) is 58.4 Å². The second-order valence-electron chi connectivity index (χ2n) is 3.97. The number of carbonyl (C=O) groups is 2. The second-order valence-corrected chi connectivity index (χ2v) is 4.37. The number of aromatic carboxylic acids is 1. The number of anilines is 1. The van der Waals surface area contributed by atoms with E-state index in [0.717, 1.165) is 6.20 Å². The van der Waals surface area contributed by atoms with E-state index >= 15 is 0 Å². The summed E-state index contributed by atoms with van der Waals surface area (Å²) in [4.78, 5) is 26.3. The smallest absolute Gasteiger partial charge is 0.337 e. The monoisotopic (exact) mass is 312 g/mol. The Bertz CT molecular complexity index is 737. The van der Waals surface area contributed by atoms with Crippen molar-refractivity contribution in [1.82, 2.24) is 4.98 Å². The summed E-state index contributed by atoms with van der Waals surface area (Å²) in [6.45, 7) is 0. The van der Waals surface area contributed by atoms with Crippen LogP contribution in [0.15, 0.2) is 30.6 Å². The fraction of sp³-hybridized carbons (Fsp3) is 0. The third-order valence-electron chi connectivity index (χ3n) is 2.50. The first-order valence-electron chi connectivity index (χ1n) is 5.52. The third kappa shape index (κ3) is 3.32. The Morgan fingerprint density at radius 3 is 2.48 bits per heavy atom. The van der Waals surface area contributed by atoms with Crippen molar-refractivity contribution in [3.63, 3.8) is 0 Å². The van der Waals surface area contributed by atoms with Crippen LogP contribution in [0.3, 0.4) is 0 Å². The Balaban J connectivity index is 2.28. The van der Waals surface area contributed by atoms with E-state index in [-0.39, 0.29) is 21.8 Å². The lowest BCUT2D eigenvalue weighted by Gasteiger charge is -2.07. The van der Waals surface area contributed by atoms with E-state index in [1.165, 1.54) is 12.3 Å². The molecule has 0 bridgehead atoms. The number of nitrogens with zero attached hydrogens (tertiary/aromatic N) is 1. The summed E-state index contributed by atoms with van der Waals surface area (Å²) in [6.07, 6.45) is 2.31. The lowest BCUT2D eigenvalue weighted by atomic mass is 10.2. The molecule has 108 valence electrons. The molecule has 1 amide bonds. The summed E-state index contributed by atoms with van der Waals surface area (Å²) in [5, 5.41) is 10.8. The van der Waals surface area contributed by atoms with Gasteiger partial charge >= 0.3 is 5.97 Å². The lowest BCUT2D eigenvalue weighted by Crippen LogP contribution is -2.14. The molecule has 0 spiro atoms. The Hall–Kier alpha value is -2.54. The number of rotatable bonds is 3. The zero-order valence-corrected chi connectivity index (χ0v) is 11.0. The molecule has 1 aromatic heterocycles. The average molecular weight is 313 g/mol. The van der Waals surface area contributed by atoms with E-state index in [9.17, 15) is 18.4 Å². The van der Waals surface area contributed by atoms with E-state index in [2.05, 4.69) is 10.3 Å². The highest BCUT2D eigenvalue weighted by Gasteiger charge is 2.16. The van der Waals surface area contributed by atoms with E-state index in [1.807, 2.05) is 0 Å². The summed E-state index contributed by atoms with van der Waals surface area (Å²) in [5.74, 6) is -4.43. The molecule has 1 aromatic carbocycles. The van der Waals surface area contributed by atoms with Gasteiger partial charge < -0.3 is 10.4 Å². The largest absolute Gasteiger partial charge is 0.478 e. The summed E-state index contributed by atoms with van der Waals surface area (Å²) < 4.78 is 26.0. The van der Waals surface area contributed by atoms with Gasteiger partial charge in [-0.1, -0.05) is 11.6 Å². The van der Waals surface area contributed by atoms with E-state index in [1.54, 1.807) is 0 Å². The normalized spacial score (nSPS) is 10.2. The number of hydrogen-bond acceptors (Lipinski definition) is 3. The summed E-state index contributed by atoms with van der Waals surface area (Å²) in [5.41, 5.74) is -0.332. The lowest BCUT2D eigenvalue weighted by molar-refractivity contribution is 0.0696. The summed E-state index contributed by atoms with van der Waals surface area (Å²) >= 11 is 5.67. The number of halogens is 3. The maximum absolute atomic E-state index is 13.1. The third-order valence-corrected chi connectivity index (χ3v) is 2.81. The van der Waals surface area contributed by atoms with Crippen LogP contribution in [0.25, 0.3) is 0 Å². The van der Waals surface area contributed by atoms with Gasteiger partial charge in [0.05, 0.1) is 28.0 Å². The molecule has 2 N–H and O–H groups in total. The molecule has 8 heteroatoms. The minimum Gasteiger partial charge on any atom is -0.478 e. The molecule has 0 atom stereocenters. The number of aromatic nitrogens is 1. The Kier molecular flexibility index (Phi) is 4.13. The molecule has 0 aliphatic carbocycles. The van der Waals surface area contributed by atoms with Crippen LogP contribution in [0.4, 0.5) is 14.5 Å². The van der Waals surface area contributed by atoms with Crippen molar-refractivity contribution in [2.75, 3.05) is 5.32 Å². The topological polar surface area (TPSA) is 79.3 Å². The maximum atomic E-state index is 13.1. The predicted octanol–water partition coefficient (Wildman–Crippen LogP) is 2.96. The molecule has 21 heavy (non-hydrogen) atoms. The number of carboxylic acids is 1. The Morgan fingerprint density at radius 1 is 1.14 bits per heavy atom. The first-order chi connectivity index (χ1) is 9.88. The molecule has 0 saturated heterocycles. The number of carbonyl (C=O) groups excluding carboxylic acids is 1. The van der Waals surface area contributed by atoms with E-state index < -0.39 is 23.5 Å². The highest BCUT2D eigenvalue weighted by atomic mass is 35.5. The van der Waals surface area contributed by atoms with Crippen molar-refractivity contribution < 1.29 is 23.5 Å². The van der Waals surface area contributed by atoms with Crippen molar-refractivity contribution >= 4 is 29.2 Å². The fourth-order valence-corrected chi connectivity index (χ4v) is 1.76. The number of pyridine rings is 1. The van der Waals surface area contributed by atoms with Gasteiger partial charge in [-0.15, -0.1) is 0 Å². The molecule has 1 heterocycles. The van der Waals surface area contributed by atoms with Crippen LogP contribution in [0, 0.1) is 11.6 Å². The van der Waals surface area contributed by atoms with Crippen LogP contribution in [0.5, 0.6) is 0 Å². The number of carboxylic acid groups (broad SMARTS) is 1.